The number of nitrogens with one attached hydrogen (secondary N) is 1. The Bertz CT molecular complexity index is 574. The summed E-state index contributed by atoms with van der Waals surface area (Å²) in [6, 6.07) is 2.30. The average Bonchev–Trinajstić information content (AvgIpc) is 2.86. The monoisotopic (exact) mass is 259 g/mol. The van der Waals surface area contributed by atoms with E-state index in [2.05, 4.69) is 28.7 Å². The molecule has 2 heterocycles. The third-order valence-electron chi connectivity index (χ3n) is 3.49. The first-order valence-corrected chi connectivity index (χ1v) is 7.29. The molecule has 4 heteroatoms. The van der Waals surface area contributed by atoms with Crippen LogP contribution in [0.15, 0.2) is 11.4 Å². The Hall–Kier alpha value is -1.42. The van der Waals surface area contributed by atoms with Crippen molar-refractivity contribution in [3.63, 3.8) is 0 Å². The van der Waals surface area contributed by atoms with E-state index in [1.807, 2.05) is 7.05 Å². The molecule has 0 saturated carbocycles. The van der Waals surface area contributed by atoms with E-state index in [0.29, 0.717) is 0 Å². The highest BCUT2D eigenvalue weighted by Gasteiger charge is 2.15. The lowest BCUT2D eigenvalue weighted by Crippen LogP contribution is -2.07. The summed E-state index contributed by atoms with van der Waals surface area (Å²) < 4.78 is 0. The molecule has 0 fully saturated rings. The second-order valence-electron chi connectivity index (χ2n) is 4.72. The third-order valence-corrected chi connectivity index (χ3v) is 4.35. The zero-order valence-corrected chi connectivity index (χ0v) is 11.6. The summed E-state index contributed by atoms with van der Waals surface area (Å²) in [7, 11) is 1.90. The normalized spacial score (nSPS) is 14.3. The highest BCUT2D eigenvalue weighted by atomic mass is 32.1. The van der Waals surface area contributed by atoms with Crippen molar-refractivity contribution < 1.29 is 0 Å². The molecule has 3 nitrogen and oxygen atoms in total. The van der Waals surface area contributed by atoms with Crippen LogP contribution >= 0.6 is 11.3 Å². The Morgan fingerprint density at radius 3 is 2.83 bits per heavy atom. The lowest BCUT2D eigenvalue weighted by atomic mass is 9.93. The number of hydrogen-bond acceptors (Lipinski definition) is 4. The maximum atomic E-state index is 4.77. The van der Waals surface area contributed by atoms with Gasteiger partial charge in [-0.3, -0.25) is 4.98 Å². The number of nitrogens with zero attached hydrogens (tertiary/aromatic N) is 2. The molecule has 1 N–H and O–H groups in total. The molecule has 0 spiro atoms. The van der Waals surface area contributed by atoms with Crippen molar-refractivity contribution in [2.75, 3.05) is 12.4 Å². The lowest BCUT2D eigenvalue weighted by Gasteiger charge is -2.16. The van der Waals surface area contributed by atoms with Gasteiger partial charge in [0.05, 0.1) is 5.69 Å². The van der Waals surface area contributed by atoms with Gasteiger partial charge in [0.15, 0.2) is 5.13 Å². The van der Waals surface area contributed by atoms with E-state index in [1.165, 1.54) is 36.1 Å². The predicted octanol–water partition coefficient (Wildman–Crippen LogP) is 3.43. The summed E-state index contributed by atoms with van der Waals surface area (Å²) >= 11 is 1.64. The summed E-state index contributed by atoms with van der Waals surface area (Å²) in [5.41, 5.74) is 6.05. The number of thiazole rings is 1. The van der Waals surface area contributed by atoms with Crippen LogP contribution in [-0.2, 0) is 12.8 Å². The van der Waals surface area contributed by atoms with Crippen molar-refractivity contribution in [2.45, 2.75) is 32.6 Å². The fraction of sp³-hybridized carbons (Fsp3) is 0.429. The zero-order valence-electron chi connectivity index (χ0n) is 10.8. The third kappa shape index (κ3) is 2.01. The maximum absolute atomic E-state index is 4.77. The van der Waals surface area contributed by atoms with E-state index >= 15 is 0 Å². The minimum atomic E-state index is 0.960. The molecule has 0 atom stereocenters. The topological polar surface area (TPSA) is 37.8 Å². The Labute approximate surface area is 111 Å². The van der Waals surface area contributed by atoms with Crippen molar-refractivity contribution in [3.05, 3.63) is 28.4 Å². The van der Waals surface area contributed by atoms with Crippen LogP contribution in [0.2, 0.25) is 0 Å². The smallest absolute Gasteiger partial charge is 0.182 e. The molecule has 0 bridgehead atoms. The number of anilines is 1. The summed E-state index contributed by atoms with van der Waals surface area (Å²) in [4.78, 5) is 9.35. The van der Waals surface area contributed by atoms with Gasteiger partial charge in [0.25, 0.3) is 0 Å². The van der Waals surface area contributed by atoms with Gasteiger partial charge in [0.2, 0.25) is 0 Å². The van der Waals surface area contributed by atoms with Crippen LogP contribution in [0.5, 0.6) is 0 Å². The standard InChI is InChI=1S/C14H17N3S/c1-9-11(13-8-18-14(15-2)17-13)7-10-5-3-4-6-12(10)16-9/h7-8H,3-6H2,1-2H3,(H,15,17). The number of rotatable bonds is 2. The molecule has 1 aliphatic carbocycles. The van der Waals surface area contributed by atoms with Gasteiger partial charge in [-0.05, 0) is 44.2 Å². The van der Waals surface area contributed by atoms with Crippen molar-refractivity contribution in [1.29, 1.82) is 0 Å². The fourth-order valence-corrected chi connectivity index (χ4v) is 3.18. The second-order valence-corrected chi connectivity index (χ2v) is 5.58. The SMILES string of the molecule is CNc1nc(-c2cc3c(nc2C)CCCC3)cs1. The first-order valence-electron chi connectivity index (χ1n) is 6.41. The van der Waals surface area contributed by atoms with Gasteiger partial charge in [-0.25, -0.2) is 4.98 Å². The van der Waals surface area contributed by atoms with Gasteiger partial charge >= 0.3 is 0 Å². The lowest BCUT2D eigenvalue weighted by molar-refractivity contribution is 0.666. The molecule has 2 aromatic rings. The molecule has 2 aromatic heterocycles. The molecule has 18 heavy (non-hydrogen) atoms. The maximum Gasteiger partial charge on any atom is 0.182 e. The summed E-state index contributed by atoms with van der Waals surface area (Å²) in [5, 5.41) is 6.15. The molecule has 0 amide bonds. The van der Waals surface area contributed by atoms with Gasteiger partial charge < -0.3 is 5.32 Å². The first-order chi connectivity index (χ1) is 8.78. The summed E-state index contributed by atoms with van der Waals surface area (Å²) in [5.74, 6) is 0. The van der Waals surface area contributed by atoms with Gasteiger partial charge in [-0.2, -0.15) is 0 Å². The van der Waals surface area contributed by atoms with Crippen LogP contribution < -0.4 is 5.32 Å². The predicted molar refractivity (Wildman–Crippen MR) is 76.3 cm³/mol. The Morgan fingerprint density at radius 2 is 2.06 bits per heavy atom. The Balaban J connectivity index is 2.06. The average molecular weight is 259 g/mol. The van der Waals surface area contributed by atoms with Crippen LogP contribution in [-0.4, -0.2) is 17.0 Å². The van der Waals surface area contributed by atoms with Gasteiger partial charge in [0.1, 0.15) is 0 Å². The molecule has 0 saturated heterocycles. The molecule has 1 aliphatic rings. The molecule has 0 radical (unpaired) electrons. The van der Waals surface area contributed by atoms with Crippen molar-refractivity contribution in [2.24, 2.45) is 0 Å². The number of hydrogen-bond donors (Lipinski definition) is 1. The van der Waals surface area contributed by atoms with E-state index < -0.39 is 0 Å². The molecule has 94 valence electrons. The Kier molecular flexibility index (Phi) is 3.04. The highest BCUT2D eigenvalue weighted by Crippen LogP contribution is 2.30. The number of aryl methyl sites for hydroxylation is 3. The molecular formula is C14H17N3S. The highest BCUT2D eigenvalue weighted by molar-refractivity contribution is 7.14. The van der Waals surface area contributed by atoms with Crippen LogP contribution in [0.1, 0.15) is 29.8 Å². The number of pyridine rings is 1. The van der Waals surface area contributed by atoms with Crippen molar-refractivity contribution in [1.82, 2.24) is 9.97 Å². The minimum absolute atomic E-state index is 0.960. The minimum Gasteiger partial charge on any atom is -0.365 e. The van der Waals surface area contributed by atoms with E-state index in [4.69, 9.17) is 4.98 Å². The van der Waals surface area contributed by atoms with E-state index in [-0.39, 0.29) is 0 Å². The molecule has 3 rings (SSSR count). The summed E-state index contributed by atoms with van der Waals surface area (Å²) in [6.45, 7) is 2.09. The molecule has 0 aromatic carbocycles. The van der Waals surface area contributed by atoms with Gasteiger partial charge in [-0.15, -0.1) is 11.3 Å². The van der Waals surface area contributed by atoms with Crippen LogP contribution in [0.3, 0.4) is 0 Å². The van der Waals surface area contributed by atoms with E-state index in [1.54, 1.807) is 11.3 Å². The first kappa shape index (κ1) is 11.7. The summed E-state index contributed by atoms with van der Waals surface area (Å²) in [6.07, 6.45) is 4.86. The molecule has 0 aliphatic heterocycles. The van der Waals surface area contributed by atoms with Crippen LogP contribution in [0.4, 0.5) is 5.13 Å². The Morgan fingerprint density at radius 1 is 1.22 bits per heavy atom. The van der Waals surface area contributed by atoms with Gasteiger partial charge in [0, 0.05) is 29.4 Å². The number of fused-ring (bicyclic) bond motifs is 1. The van der Waals surface area contributed by atoms with E-state index in [9.17, 15) is 0 Å². The quantitative estimate of drug-likeness (QED) is 0.898. The molecular weight excluding hydrogens is 242 g/mol. The van der Waals surface area contributed by atoms with Crippen LogP contribution in [0, 0.1) is 6.92 Å². The van der Waals surface area contributed by atoms with Crippen molar-refractivity contribution in [3.8, 4) is 11.3 Å². The fourth-order valence-electron chi connectivity index (χ4n) is 2.51. The van der Waals surface area contributed by atoms with Crippen molar-refractivity contribution >= 4 is 16.5 Å². The largest absolute Gasteiger partial charge is 0.365 e. The van der Waals surface area contributed by atoms with E-state index in [0.717, 1.165) is 22.9 Å². The second kappa shape index (κ2) is 4.69. The zero-order chi connectivity index (χ0) is 12.5. The van der Waals surface area contributed by atoms with Crippen LogP contribution in [0.25, 0.3) is 11.3 Å². The molecule has 0 unspecified atom stereocenters. The van der Waals surface area contributed by atoms with Gasteiger partial charge in [-0.1, -0.05) is 0 Å². The number of aromatic nitrogens is 2.